The van der Waals surface area contributed by atoms with E-state index in [4.69, 9.17) is 23.2 Å². The smallest absolute Gasteiger partial charge is 0.186 e. The van der Waals surface area contributed by atoms with Crippen LogP contribution in [-0.4, -0.2) is 10.8 Å². The average molecular weight is 424 g/mol. The second-order valence-corrected chi connectivity index (χ2v) is 6.43. The summed E-state index contributed by atoms with van der Waals surface area (Å²) in [6, 6.07) is 6.83. The lowest BCUT2D eigenvalue weighted by Gasteiger charge is -2.06. The van der Waals surface area contributed by atoms with Gasteiger partial charge in [-0.3, -0.25) is 9.78 Å². The molecule has 0 aliphatic carbocycles. The number of rotatable bonds is 3. The number of ketones is 1. The quantitative estimate of drug-likeness (QED) is 0.624. The largest absolute Gasteiger partial charge is 0.292 e. The normalized spacial score (nSPS) is 10.5. The van der Waals surface area contributed by atoms with Crippen molar-refractivity contribution < 1.29 is 4.79 Å². The van der Waals surface area contributed by atoms with E-state index in [1.165, 1.54) is 0 Å². The van der Waals surface area contributed by atoms with Crippen LogP contribution in [0, 0.1) is 0 Å². The van der Waals surface area contributed by atoms with Crippen molar-refractivity contribution in [1.82, 2.24) is 4.98 Å². The molecule has 0 aliphatic rings. The highest BCUT2D eigenvalue weighted by molar-refractivity contribution is 9.11. The summed E-state index contributed by atoms with van der Waals surface area (Å²) in [7, 11) is 0. The number of hydrogen-bond donors (Lipinski definition) is 0. The van der Waals surface area contributed by atoms with Gasteiger partial charge in [-0.05, 0) is 61.7 Å². The van der Waals surface area contributed by atoms with E-state index in [1.807, 2.05) is 0 Å². The molecule has 0 fully saturated rings. The van der Waals surface area contributed by atoms with Gasteiger partial charge in [0.15, 0.2) is 5.78 Å². The third-order valence-corrected chi connectivity index (χ3v) is 4.07. The minimum atomic E-state index is -0.122. The second kappa shape index (κ2) is 6.35. The Hall–Kier alpha value is -0.420. The Labute approximate surface area is 137 Å². The van der Waals surface area contributed by atoms with Crippen molar-refractivity contribution >= 4 is 60.8 Å². The third-order valence-electron chi connectivity index (χ3n) is 2.43. The summed E-state index contributed by atoms with van der Waals surface area (Å²) in [5.74, 6) is -0.122. The maximum Gasteiger partial charge on any atom is 0.186 e. The van der Waals surface area contributed by atoms with Gasteiger partial charge in [0.25, 0.3) is 0 Å². The fourth-order valence-electron chi connectivity index (χ4n) is 1.56. The summed E-state index contributed by atoms with van der Waals surface area (Å²) in [5.41, 5.74) is 1.06. The highest BCUT2D eigenvalue weighted by Crippen LogP contribution is 2.24. The van der Waals surface area contributed by atoms with Crippen molar-refractivity contribution in [2.75, 3.05) is 0 Å². The van der Waals surface area contributed by atoms with Crippen molar-refractivity contribution in [3.05, 3.63) is 60.7 Å². The molecule has 0 bridgehead atoms. The number of halogens is 4. The minimum Gasteiger partial charge on any atom is -0.292 e. The zero-order chi connectivity index (χ0) is 14.0. The van der Waals surface area contributed by atoms with E-state index < -0.39 is 0 Å². The molecule has 0 atom stereocenters. The summed E-state index contributed by atoms with van der Waals surface area (Å²) < 4.78 is 1.45. The average Bonchev–Trinajstić information content (AvgIpc) is 2.33. The molecule has 2 aromatic rings. The second-order valence-electron chi connectivity index (χ2n) is 3.82. The van der Waals surface area contributed by atoms with Gasteiger partial charge in [0.1, 0.15) is 5.69 Å². The van der Waals surface area contributed by atoms with Crippen LogP contribution >= 0.6 is 55.1 Å². The molecular formula is C13H7Br2Cl2NO. The van der Waals surface area contributed by atoms with Crippen molar-refractivity contribution in [3.63, 3.8) is 0 Å². The molecule has 0 saturated carbocycles. The number of hydrogen-bond acceptors (Lipinski definition) is 2. The van der Waals surface area contributed by atoms with Gasteiger partial charge < -0.3 is 0 Å². The highest BCUT2D eigenvalue weighted by atomic mass is 79.9. The summed E-state index contributed by atoms with van der Waals surface area (Å²) >= 11 is 18.6. The maximum absolute atomic E-state index is 12.2. The predicted octanol–water partition coefficient (Wildman–Crippen LogP) is 5.34. The molecule has 6 heteroatoms. The molecular weight excluding hydrogens is 417 g/mol. The van der Waals surface area contributed by atoms with Gasteiger partial charge in [0.2, 0.25) is 0 Å². The van der Waals surface area contributed by atoms with Crippen LogP contribution in [0.4, 0.5) is 0 Å². The Morgan fingerprint density at radius 1 is 1.21 bits per heavy atom. The van der Waals surface area contributed by atoms with E-state index >= 15 is 0 Å². The number of carbonyl (C=O) groups excluding carboxylic acids is 1. The number of nitrogens with zero attached hydrogens (tertiary/aromatic N) is 1. The molecule has 0 unspecified atom stereocenters. The Bertz CT molecular complexity index is 647. The lowest BCUT2D eigenvalue weighted by Crippen LogP contribution is -2.07. The summed E-state index contributed by atoms with van der Waals surface area (Å²) in [5, 5.41) is 1.07. The van der Waals surface area contributed by atoms with Crippen molar-refractivity contribution in [3.8, 4) is 0 Å². The SMILES string of the molecule is O=C(Cc1cc(Cl)ccc1Cl)c1ncc(Br)cc1Br. The van der Waals surface area contributed by atoms with Crippen LogP contribution in [-0.2, 0) is 6.42 Å². The van der Waals surface area contributed by atoms with Gasteiger partial charge in [-0.25, -0.2) is 0 Å². The maximum atomic E-state index is 12.2. The van der Waals surface area contributed by atoms with Crippen molar-refractivity contribution in [2.24, 2.45) is 0 Å². The zero-order valence-electron chi connectivity index (χ0n) is 9.46. The summed E-state index contributed by atoms with van der Waals surface area (Å²) in [4.78, 5) is 16.3. The van der Waals surface area contributed by atoms with E-state index in [2.05, 4.69) is 36.8 Å². The summed E-state index contributed by atoms with van der Waals surface area (Å²) in [6.07, 6.45) is 1.74. The van der Waals surface area contributed by atoms with E-state index in [-0.39, 0.29) is 12.2 Å². The van der Waals surface area contributed by atoms with Crippen LogP contribution in [0.1, 0.15) is 16.1 Å². The van der Waals surface area contributed by atoms with Crippen molar-refractivity contribution in [1.29, 1.82) is 0 Å². The number of Topliss-reactive ketones (excluding diaryl/α,β-unsaturated/α-hetero) is 1. The van der Waals surface area contributed by atoms with Gasteiger partial charge in [0.05, 0.1) is 0 Å². The number of carbonyl (C=O) groups is 1. The van der Waals surface area contributed by atoms with E-state index in [1.54, 1.807) is 30.5 Å². The summed E-state index contributed by atoms with van der Waals surface area (Å²) in [6.45, 7) is 0. The van der Waals surface area contributed by atoms with Crippen LogP contribution in [0.25, 0.3) is 0 Å². The molecule has 98 valence electrons. The first-order valence-corrected chi connectivity index (χ1v) is 7.59. The minimum absolute atomic E-state index is 0.122. The Kier molecular flexibility index (Phi) is 5.01. The monoisotopic (exact) mass is 421 g/mol. The fraction of sp³-hybridized carbons (Fsp3) is 0.0769. The van der Waals surface area contributed by atoms with Crippen LogP contribution < -0.4 is 0 Å². The standard InChI is InChI=1S/C13H7Br2Cl2NO/c14-8-5-10(15)13(18-6-8)12(19)4-7-3-9(16)1-2-11(7)17/h1-3,5-6H,4H2. The molecule has 0 aliphatic heterocycles. The first kappa shape index (κ1) is 15.0. The molecule has 2 rings (SSSR count). The van der Waals surface area contributed by atoms with Crippen LogP contribution in [0.5, 0.6) is 0 Å². The van der Waals surface area contributed by atoms with E-state index in [0.717, 1.165) is 4.47 Å². The van der Waals surface area contributed by atoms with Gasteiger partial charge in [-0.2, -0.15) is 0 Å². The Morgan fingerprint density at radius 3 is 2.63 bits per heavy atom. The number of aromatic nitrogens is 1. The predicted molar refractivity (Wildman–Crippen MR) is 84.1 cm³/mol. The molecule has 0 amide bonds. The third kappa shape index (κ3) is 3.78. The first-order chi connectivity index (χ1) is 8.97. The number of pyridine rings is 1. The van der Waals surface area contributed by atoms with Gasteiger partial charge in [0, 0.05) is 31.6 Å². The molecule has 1 aromatic carbocycles. The van der Waals surface area contributed by atoms with Crippen molar-refractivity contribution in [2.45, 2.75) is 6.42 Å². The van der Waals surface area contributed by atoms with E-state index in [9.17, 15) is 4.79 Å². The van der Waals surface area contributed by atoms with Crippen LogP contribution in [0.2, 0.25) is 10.0 Å². The lowest BCUT2D eigenvalue weighted by atomic mass is 10.1. The Morgan fingerprint density at radius 2 is 1.95 bits per heavy atom. The molecule has 1 heterocycles. The molecule has 0 N–H and O–H groups in total. The highest BCUT2D eigenvalue weighted by Gasteiger charge is 2.14. The molecule has 0 spiro atoms. The number of benzene rings is 1. The molecule has 0 saturated heterocycles. The van der Waals surface area contributed by atoms with Gasteiger partial charge in [-0.15, -0.1) is 0 Å². The van der Waals surface area contributed by atoms with Crippen LogP contribution in [0.15, 0.2) is 39.4 Å². The van der Waals surface area contributed by atoms with Crippen LogP contribution in [0.3, 0.4) is 0 Å². The van der Waals surface area contributed by atoms with Gasteiger partial charge >= 0.3 is 0 Å². The molecule has 19 heavy (non-hydrogen) atoms. The fourth-order valence-corrected chi connectivity index (χ4v) is 3.14. The van der Waals surface area contributed by atoms with E-state index in [0.29, 0.717) is 25.8 Å². The lowest BCUT2D eigenvalue weighted by molar-refractivity contribution is 0.0987. The zero-order valence-corrected chi connectivity index (χ0v) is 14.1. The Balaban J connectivity index is 2.28. The molecule has 2 nitrogen and oxygen atoms in total. The van der Waals surface area contributed by atoms with Gasteiger partial charge in [-0.1, -0.05) is 23.2 Å². The molecule has 0 radical (unpaired) electrons. The molecule has 1 aromatic heterocycles. The first-order valence-electron chi connectivity index (χ1n) is 5.25. The topological polar surface area (TPSA) is 30.0 Å².